The number of ether oxygens (including phenoxy) is 1. The monoisotopic (exact) mass is 423 g/mol. The van der Waals surface area contributed by atoms with Gasteiger partial charge >= 0.3 is 6.03 Å². The molecule has 0 bridgehead atoms. The second kappa shape index (κ2) is 8.71. The molecule has 3 unspecified atom stereocenters. The molecule has 1 aromatic heterocycles. The maximum absolute atomic E-state index is 12.1. The Labute approximate surface area is 187 Å². The molecule has 1 heterocycles. The Hall–Kier alpha value is -3.86. The molecule has 5 heteroatoms. The zero-order valence-electron chi connectivity index (χ0n) is 17.6. The number of fused-ring (bicyclic) bond motifs is 1. The van der Waals surface area contributed by atoms with Gasteiger partial charge in [0.25, 0.3) is 0 Å². The number of hydrogen-bond acceptors (Lipinski definition) is 3. The number of benzene rings is 2. The number of carbonyl (C=O) groups is 1. The van der Waals surface area contributed by atoms with Crippen LogP contribution in [0.3, 0.4) is 0 Å². The molecule has 0 radical (unpaired) electrons. The quantitative estimate of drug-likeness (QED) is 0.556. The molecule has 2 amide bonds. The smallest absolute Gasteiger partial charge is 0.319 e. The summed E-state index contributed by atoms with van der Waals surface area (Å²) in [5, 5.41) is 5.66. The van der Waals surface area contributed by atoms with Crippen LogP contribution in [0.1, 0.15) is 11.1 Å². The summed E-state index contributed by atoms with van der Waals surface area (Å²) in [5.41, 5.74) is 3.05. The number of nitrogens with one attached hydrogen (secondary N) is 2. The van der Waals surface area contributed by atoms with E-state index in [2.05, 4.69) is 70.3 Å². The van der Waals surface area contributed by atoms with Gasteiger partial charge in [-0.15, -0.1) is 0 Å². The van der Waals surface area contributed by atoms with Crippen LogP contribution in [-0.4, -0.2) is 17.6 Å². The van der Waals surface area contributed by atoms with E-state index in [1.165, 1.54) is 5.56 Å². The maximum Gasteiger partial charge on any atom is 0.319 e. The van der Waals surface area contributed by atoms with Gasteiger partial charge in [-0.2, -0.15) is 0 Å². The summed E-state index contributed by atoms with van der Waals surface area (Å²) in [6.07, 6.45) is 12.3. The third-order valence-electron chi connectivity index (χ3n) is 6.28. The summed E-state index contributed by atoms with van der Waals surface area (Å²) >= 11 is 0. The van der Waals surface area contributed by atoms with Gasteiger partial charge in [0.2, 0.25) is 0 Å². The van der Waals surface area contributed by atoms with Crippen molar-refractivity contribution in [2.45, 2.75) is 12.0 Å². The highest BCUT2D eigenvalue weighted by molar-refractivity contribution is 5.89. The summed E-state index contributed by atoms with van der Waals surface area (Å²) in [7, 11) is 0. The maximum atomic E-state index is 12.1. The molecule has 2 N–H and O–H groups in total. The number of allylic oxidation sites excluding steroid dienone is 4. The van der Waals surface area contributed by atoms with Crippen LogP contribution in [0.4, 0.5) is 10.5 Å². The second-order valence-corrected chi connectivity index (χ2v) is 8.18. The molecule has 1 saturated carbocycles. The van der Waals surface area contributed by atoms with E-state index < -0.39 is 0 Å². The number of pyridine rings is 1. The SMILES string of the molecule is O=C(NCc1cccnc1)Nc1ccc(OCC2C3C=CC=CC32c2ccccc2)cc1. The molecule has 0 spiro atoms. The van der Waals surface area contributed by atoms with Crippen molar-refractivity contribution in [3.05, 3.63) is 115 Å². The fraction of sp³-hybridized carbons (Fsp3) is 0.185. The zero-order valence-corrected chi connectivity index (χ0v) is 17.6. The van der Waals surface area contributed by atoms with Crippen LogP contribution >= 0.6 is 0 Å². The van der Waals surface area contributed by atoms with Crippen LogP contribution in [0.25, 0.3) is 0 Å². The highest BCUT2D eigenvalue weighted by atomic mass is 16.5. The number of hydrogen-bond donors (Lipinski definition) is 2. The molecule has 5 rings (SSSR count). The molecule has 0 saturated heterocycles. The van der Waals surface area contributed by atoms with Gasteiger partial charge < -0.3 is 15.4 Å². The van der Waals surface area contributed by atoms with Crippen molar-refractivity contribution >= 4 is 11.7 Å². The predicted molar refractivity (Wildman–Crippen MR) is 125 cm³/mol. The van der Waals surface area contributed by atoms with Crippen molar-refractivity contribution < 1.29 is 9.53 Å². The lowest BCUT2D eigenvalue weighted by Crippen LogP contribution is -2.28. The van der Waals surface area contributed by atoms with Crippen LogP contribution in [0.15, 0.2) is 103 Å². The van der Waals surface area contributed by atoms with Gasteiger partial charge in [-0.3, -0.25) is 4.98 Å². The van der Waals surface area contributed by atoms with Gasteiger partial charge in [0.1, 0.15) is 5.75 Å². The third kappa shape index (κ3) is 4.02. The van der Waals surface area contributed by atoms with Crippen molar-refractivity contribution in [3.8, 4) is 5.75 Å². The molecular formula is C27H25N3O2. The van der Waals surface area contributed by atoms with Crippen molar-refractivity contribution in [2.24, 2.45) is 11.8 Å². The summed E-state index contributed by atoms with van der Waals surface area (Å²) in [5.74, 6) is 1.68. The van der Waals surface area contributed by atoms with E-state index >= 15 is 0 Å². The molecule has 0 aliphatic heterocycles. The first-order chi connectivity index (χ1) is 15.8. The fourth-order valence-electron chi connectivity index (χ4n) is 4.59. The first kappa shape index (κ1) is 20.1. The van der Waals surface area contributed by atoms with Gasteiger partial charge in [0.05, 0.1) is 6.61 Å². The minimum absolute atomic E-state index is 0.0455. The first-order valence-electron chi connectivity index (χ1n) is 10.8. The summed E-state index contributed by atoms with van der Waals surface area (Å²) in [6, 6.07) is 21.7. The number of urea groups is 1. The van der Waals surface area contributed by atoms with Crippen LogP contribution in [0, 0.1) is 11.8 Å². The van der Waals surface area contributed by atoms with Crippen molar-refractivity contribution in [1.29, 1.82) is 0 Å². The van der Waals surface area contributed by atoms with Crippen LogP contribution in [0.2, 0.25) is 0 Å². The van der Waals surface area contributed by atoms with E-state index in [1.807, 2.05) is 36.4 Å². The van der Waals surface area contributed by atoms with Crippen molar-refractivity contribution in [1.82, 2.24) is 10.3 Å². The lowest BCUT2D eigenvalue weighted by Gasteiger charge is -2.16. The van der Waals surface area contributed by atoms with Crippen LogP contribution < -0.4 is 15.4 Å². The van der Waals surface area contributed by atoms with Crippen LogP contribution in [0.5, 0.6) is 5.75 Å². The number of rotatable bonds is 7. The van der Waals surface area contributed by atoms with E-state index in [0.717, 1.165) is 11.3 Å². The number of amides is 2. The Bertz CT molecular complexity index is 1130. The van der Waals surface area contributed by atoms with E-state index in [4.69, 9.17) is 4.74 Å². The van der Waals surface area contributed by atoms with E-state index in [9.17, 15) is 4.79 Å². The molecule has 3 atom stereocenters. The second-order valence-electron chi connectivity index (χ2n) is 8.18. The molecular weight excluding hydrogens is 398 g/mol. The Morgan fingerprint density at radius 2 is 1.84 bits per heavy atom. The van der Waals surface area contributed by atoms with Gasteiger partial charge in [-0.1, -0.05) is 60.7 Å². The van der Waals surface area contributed by atoms with E-state index in [0.29, 0.717) is 30.7 Å². The summed E-state index contributed by atoms with van der Waals surface area (Å²) < 4.78 is 6.13. The van der Waals surface area contributed by atoms with Gasteiger partial charge in [-0.05, 0) is 47.4 Å². The Morgan fingerprint density at radius 3 is 2.62 bits per heavy atom. The number of carbonyl (C=O) groups excluding carboxylic acids is 1. The highest BCUT2D eigenvalue weighted by Gasteiger charge is 2.63. The van der Waals surface area contributed by atoms with Crippen molar-refractivity contribution in [2.75, 3.05) is 11.9 Å². The fourth-order valence-corrected chi connectivity index (χ4v) is 4.59. The lowest BCUT2D eigenvalue weighted by molar-refractivity contribution is 0.251. The predicted octanol–water partition coefficient (Wildman–Crippen LogP) is 5.09. The summed E-state index contributed by atoms with van der Waals surface area (Å²) in [4.78, 5) is 16.2. The summed E-state index contributed by atoms with van der Waals surface area (Å²) in [6.45, 7) is 1.07. The Kier molecular flexibility index (Phi) is 5.46. The van der Waals surface area contributed by atoms with Crippen molar-refractivity contribution in [3.63, 3.8) is 0 Å². The Morgan fingerprint density at radius 1 is 1.00 bits per heavy atom. The van der Waals surface area contributed by atoms with Gasteiger partial charge in [-0.25, -0.2) is 4.79 Å². The normalized spacial score (nSPS) is 22.6. The molecule has 32 heavy (non-hydrogen) atoms. The average Bonchev–Trinajstić information content (AvgIpc) is 3.52. The molecule has 160 valence electrons. The van der Waals surface area contributed by atoms with E-state index in [1.54, 1.807) is 12.4 Å². The third-order valence-corrected chi connectivity index (χ3v) is 6.28. The van der Waals surface area contributed by atoms with Gasteiger partial charge in [0.15, 0.2) is 0 Å². The molecule has 3 aromatic rings. The molecule has 2 aromatic carbocycles. The number of aromatic nitrogens is 1. The molecule has 2 aliphatic rings. The average molecular weight is 424 g/mol. The van der Waals surface area contributed by atoms with Crippen LogP contribution in [-0.2, 0) is 12.0 Å². The largest absolute Gasteiger partial charge is 0.493 e. The number of nitrogens with zero attached hydrogens (tertiary/aromatic N) is 1. The topological polar surface area (TPSA) is 63.2 Å². The van der Waals surface area contributed by atoms with E-state index in [-0.39, 0.29) is 11.4 Å². The van der Waals surface area contributed by atoms with Gasteiger partial charge in [0, 0.05) is 36.0 Å². The first-order valence-corrected chi connectivity index (χ1v) is 10.8. The minimum atomic E-state index is -0.257. The zero-order chi connectivity index (χ0) is 21.8. The lowest BCUT2D eigenvalue weighted by atomic mass is 9.89. The minimum Gasteiger partial charge on any atom is -0.493 e. The molecule has 5 nitrogen and oxygen atoms in total. The Balaban J connectivity index is 1.15. The molecule has 2 aliphatic carbocycles. The molecule has 1 fully saturated rings. The standard InChI is InChI=1S/C27H25N3O2/c31-26(29-18-20-7-6-16-28-17-20)30-22-11-13-23(14-12-22)32-19-25-24-10-4-5-15-27(24,25)21-8-2-1-3-9-21/h1-17,24-25H,18-19H2,(H2,29,30,31). The highest BCUT2D eigenvalue weighted by Crippen LogP contribution is 2.63. The number of anilines is 1.